The van der Waals surface area contributed by atoms with Gasteiger partial charge in [0.2, 0.25) is 0 Å². The summed E-state index contributed by atoms with van der Waals surface area (Å²) in [6, 6.07) is 20.7. The molecule has 0 saturated carbocycles. The van der Waals surface area contributed by atoms with Crippen LogP contribution >= 0.6 is 11.6 Å². The summed E-state index contributed by atoms with van der Waals surface area (Å²) in [7, 11) is 0. The van der Waals surface area contributed by atoms with E-state index in [0.717, 1.165) is 44.0 Å². The minimum Gasteiger partial charge on any atom is -0.451 e. The fourth-order valence-electron chi connectivity index (χ4n) is 3.46. The third-order valence-electron chi connectivity index (χ3n) is 5.02. The number of benzene rings is 2. The molecule has 1 amide bonds. The van der Waals surface area contributed by atoms with E-state index in [9.17, 15) is 4.79 Å². The van der Waals surface area contributed by atoms with Gasteiger partial charge in [0.05, 0.1) is 24.3 Å². The van der Waals surface area contributed by atoms with E-state index < -0.39 is 0 Å². The molecule has 29 heavy (non-hydrogen) atoms. The number of rotatable bonds is 6. The Hall–Kier alpha value is -2.60. The quantitative estimate of drug-likeness (QED) is 0.654. The highest BCUT2D eigenvalue weighted by atomic mass is 35.5. The molecule has 6 heteroatoms. The number of ether oxygens (including phenoxy) is 1. The Bertz CT molecular complexity index is 952. The topological polar surface area (TPSA) is 54.7 Å². The number of furan rings is 1. The van der Waals surface area contributed by atoms with E-state index in [0.29, 0.717) is 10.8 Å². The van der Waals surface area contributed by atoms with Gasteiger partial charge in [-0.15, -0.1) is 0 Å². The molecule has 1 aliphatic rings. The number of carbonyl (C=O) groups is 1. The van der Waals surface area contributed by atoms with E-state index in [-0.39, 0.29) is 17.7 Å². The molecule has 5 nitrogen and oxygen atoms in total. The molecule has 1 atom stereocenters. The van der Waals surface area contributed by atoms with E-state index in [1.54, 1.807) is 18.2 Å². The van der Waals surface area contributed by atoms with Crippen LogP contribution in [0.3, 0.4) is 0 Å². The van der Waals surface area contributed by atoms with Crippen molar-refractivity contribution in [1.82, 2.24) is 10.2 Å². The molecule has 4 rings (SSSR count). The third-order valence-corrected chi connectivity index (χ3v) is 5.35. The van der Waals surface area contributed by atoms with Crippen molar-refractivity contribution in [1.29, 1.82) is 0 Å². The molecule has 2 aromatic carbocycles. The predicted octanol–water partition coefficient (Wildman–Crippen LogP) is 4.40. The highest BCUT2D eigenvalue weighted by Crippen LogP contribution is 2.29. The standard InChI is InChI=1S/C23H23ClN2O3/c24-19-9-5-4-8-18(19)21-10-11-22(29-21)23(27)25-20(17-6-2-1-3-7-17)16-26-12-14-28-15-13-26/h1-11,20H,12-16H2,(H,25,27)/t20-/m1/s1. The van der Waals surface area contributed by atoms with Crippen molar-refractivity contribution >= 4 is 17.5 Å². The molecule has 1 aliphatic heterocycles. The molecule has 0 bridgehead atoms. The zero-order chi connectivity index (χ0) is 20.1. The number of morpholine rings is 1. The number of nitrogens with zero attached hydrogens (tertiary/aromatic N) is 1. The van der Waals surface area contributed by atoms with Crippen molar-refractivity contribution < 1.29 is 13.9 Å². The SMILES string of the molecule is O=C(N[C@H](CN1CCOCC1)c1ccccc1)c1ccc(-c2ccccc2Cl)o1. The van der Waals surface area contributed by atoms with Crippen molar-refractivity contribution in [2.75, 3.05) is 32.8 Å². The highest BCUT2D eigenvalue weighted by molar-refractivity contribution is 6.33. The first-order valence-electron chi connectivity index (χ1n) is 9.71. The van der Waals surface area contributed by atoms with Crippen LogP contribution in [0.15, 0.2) is 71.1 Å². The van der Waals surface area contributed by atoms with Gasteiger partial charge < -0.3 is 14.5 Å². The summed E-state index contributed by atoms with van der Waals surface area (Å²) in [6.45, 7) is 3.87. The minimum absolute atomic E-state index is 0.143. The van der Waals surface area contributed by atoms with Gasteiger partial charge in [0.1, 0.15) is 5.76 Å². The van der Waals surface area contributed by atoms with Crippen LogP contribution < -0.4 is 5.32 Å². The van der Waals surface area contributed by atoms with Gasteiger partial charge >= 0.3 is 0 Å². The van der Waals surface area contributed by atoms with Crippen LogP contribution in [-0.4, -0.2) is 43.7 Å². The van der Waals surface area contributed by atoms with Gasteiger partial charge in [0, 0.05) is 25.2 Å². The molecule has 1 N–H and O–H groups in total. The normalized spacial score (nSPS) is 15.8. The van der Waals surface area contributed by atoms with Crippen molar-refractivity contribution in [2.45, 2.75) is 6.04 Å². The lowest BCUT2D eigenvalue weighted by Crippen LogP contribution is -2.43. The zero-order valence-corrected chi connectivity index (χ0v) is 16.8. The lowest BCUT2D eigenvalue weighted by Gasteiger charge is -2.31. The van der Waals surface area contributed by atoms with Gasteiger partial charge in [0.15, 0.2) is 5.76 Å². The first kappa shape index (κ1) is 19.7. The largest absolute Gasteiger partial charge is 0.451 e. The summed E-state index contributed by atoms with van der Waals surface area (Å²) in [4.78, 5) is 15.2. The zero-order valence-electron chi connectivity index (χ0n) is 16.0. The molecular formula is C23H23ClN2O3. The van der Waals surface area contributed by atoms with Gasteiger partial charge in [-0.25, -0.2) is 0 Å². The molecule has 2 heterocycles. The summed E-state index contributed by atoms with van der Waals surface area (Å²) in [5.74, 6) is 0.596. The van der Waals surface area contributed by atoms with Crippen LogP contribution in [0.25, 0.3) is 11.3 Å². The van der Waals surface area contributed by atoms with E-state index in [2.05, 4.69) is 10.2 Å². The Kier molecular flexibility index (Phi) is 6.30. The number of hydrogen-bond donors (Lipinski definition) is 1. The monoisotopic (exact) mass is 410 g/mol. The maximum absolute atomic E-state index is 12.9. The van der Waals surface area contributed by atoms with Crippen molar-refractivity contribution in [3.05, 3.63) is 83.1 Å². The molecule has 0 spiro atoms. The van der Waals surface area contributed by atoms with Crippen LogP contribution in [0, 0.1) is 0 Å². The van der Waals surface area contributed by atoms with Crippen LogP contribution in [0.5, 0.6) is 0 Å². The molecule has 1 fully saturated rings. The predicted molar refractivity (Wildman–Crippen MR) is 113 cm³/mol. The molecular weight excluding hydrogens is 388 g/mol. The Morgan fingerprint density at radius 1 is 1.00 bits per heavy atom. The summed E-state index contributed by atoms with van der Waals surface area (Å²) in [5.41, 5.74) is 1.83. The number of carbonyl (C=O) groups excluding carboxylic acids is 1. The van der Waals surface area contributed by atoms with E-state index in [1.165, 1.54) is 0 Å². The first-order chi connectivity index (χ1) is 14.2. The maximum Gasteiger partial charge on any atom is 0.287 e. The van der Waals surface area contributed by atoms with Crippen LogP contribution in [-0.2, 0) is 4.74 Å². The van der Waals surface area contributed by atoms with Crippen LogP contribution in [0.1, 0.15) is 22.2 Å². The van der Waals surface area contributed by atoms with Crippen molar-refractivity contribution in [3.8, 4) is 11.3 Å². The molecule has 0 radical (unpaired) electrons. The Labute approximate surface area is 175 Å². The fraction of sp³-hybridized carbons (Fsp3) is 0.261. The molecule has 0 aliphatic carbocycles. The fourth-order valence-corrected chi connectivity index (χ4v) is 3.69. The number of amides is 1. The van der Waals surface area contributed by atoms with Crippen molar-refractivity contribution in [2.24, 2.45) is 0 Å². The van der Waals surface area contributed by atoms with Gasteiger partial charge in [-0.1, -0.05) is 54.1 Å². The van der Waals surface area contributed by atoms with E-state index >= 15 is 0 Å². The van der Waals surface area contributed by atoms with Crippen LogP contribution in [0.4, 0.5) is 0 Å². The van der Waals surface area contributed by atoms with Gasteiger partial charge in [-0.05, 0) is 29.8 Å². The van der Waals surface area contributed by atoms with E-state index in [4.69, 9.17) is 20.8 Å². The first-order valence-corrected chi connectivity index (χ1v) is 10.1. The third kappa shape index (κ3) is 4.88. The average Bonchev–Trinajstić information content (AvgIpc) is 3.25. The lowest BCUT2D eigenvalue weighted by atomic mass is 10.1. The summed E-state index contributed by atoms with van der Waals surface area (Å²) in [6.07, 6.45) is 0. The number of halogens is 1. The van der Waals surface area contributed by atoms with Gasteiger partial charge in [0.25, 0.3) is 5.91 Å². The molecule has 150 valence electrons. The average molecular weight is 411 g/mol. The minimum atomic E-state index is -0.245. The number of hydrogen-bond acceptors (Lipinski definition) is 4. The smallest absolute Gasteiger partial charge is 0.287 e. The Morgan fingerprint density at radius 2 is 1.72 bits per heavy atom. The summed E-state index contributed by atoms with van der Waals surface area (Å²) < 4.78 is 11.2. The van der Waals surface area contributed by atoms with Crippen LogP contribution in [0.2, 0.25) is 5.02 Å². The molecule has 1 aromatic heterocycles. The highest BCUT2D eigenvalue weighted by Gasteiger charge is 2.22. The Morgan fingerprint density at radius 3 is 2.48 bits per heavy atom. The maximum atomic E-state index is 12.9. The molecule has 1 saturated heterocycles. The van der Waals surface area contributed by atoms with Crippen molar-refractivity contribution in [3.63, 3.8) is 0 Å². The molecule has 3 aromatic rings. The lowest BCUT2D eigenvalue weighted by molar-refractivity contribution is 0.0331. The second kappa shape index (κ2) is 9.27. The van der Waals surface area contributed by atoms with E-state index in [1.807, 2.05) is 48.5 Å². The van der Waals surface area contributed by atoms with Gasteiger partial charge in [-0.2, -0.15) is 0 Å². The van der Waals surface area contributed by atoms with Gasteiger partial charge in [-0.3, -0.25) is 9.69 Å². The second-order valence-electron chi connectivity index (χ2n) is 6.99. The Balaban J connectivity index is 1.51. The second-order valence-corrected chi connectivity index (χ2v) is 7.40. The summed E-state index contributed by atoms with van der Waals surface area (Å²) >= 11 is 6.24. The summed E-state index contributed by atoms with van der Waals surface area (Å²) in [5, 5.41) is 3.71. The molecule has 0 unspecified atom stereocenters. The number of nitrogens with one attached hydrogen (secondary N) is 1.